The second-order valence-electron chi connectivity index (χ2n) is 5.35. The van der Waals surface area contributed by atoms with Crippen LogP contribution in [0.3, 0.4) is 0 Å². The fourth-order valence-corrected chi connectivity index (χ4v) is 2.75. The van der Waals surface area contributed by atoms with Crippen LogP contribution < -0.4 is 5.32 Å². The average molecular weight is 319 g/mol. The maximum Gasteiger partial charge on any atom is 0.00884 e. The smallest absolute Gasteiger partial charge is 0.00884 e. The quantitative estimate of drug-likeness (QED) is 0.807. The van der Waals surface area contributed by atoms with E-state index in [-0.39, 0.29) is 24.8 Å². The largest absolute Gasteiger partial charge is 0.317 e. The Hall–Kier alpha value is -0.280. The summed E-state index contributed by atoms with van der Waals surface area (Å²) in [6.07, 6.45) is 6.51. The molecular weight excluding hydrogens is 291 g/mol. The number of benzene rings is 1. The second kappa shape index (κ2) is 11.4. The van der Waals surface area contributed by atoms with Crippen molar-refractivity contribution < 1.29 is 0 Å². The lowest BCUT2D eigenvalue weighted by molar-refractivity contribution is 0.199. The van der Waals surface area contributed by atoms with Crippen molar-refractivity contribution >= 4 is 24.8 Å². The summed E-state index contributed by atoms with van der Waals surface area (Å²) in [4.78, 5) is 2.62. The lowest BCUT2D eigenvalue weighted by Crippen LogP contribution is -2.41. The number of hydrogen-bond acceptors (Lipinski definition) is 2. The number of hydrogen-bond donors (Lipinski definition) is 1. The van der Waals surface area contributed by atoms with E-state index in [0.29, 0.717) is 0 Å². The first-order valence-electron chi connectivity index (χ1n) is 7.32. The first-order valence-corrected chi connectivity index (χ1v) is 7.32. The van der Waals surface area contributed by atoms with Crippen LogP contribution in [0.15, 0.2) is 30.3 Å². The Morgan fingerprint density at radius 3 is 2.30 bits per heavy atom. The molecule has 116 valence electrons. The summed E-state index contributed by atoms with van der Waals surface area (Å²) in [6.45, 7) is 3.83. The van der Waals surface area contributed by atoms with E-state index >= 15 is 0 Å². The zero-order chi connectivity index (χ0) is 12.6. The standard InChI is InChI=1S/C16H26N2.2ClH/c1-17-16-10-13-18(14-11-16)12-6-5-9-15-7-3-2-4-8-15;;/h2-4,7-8,16-17H,5-6,9-14H2,1H3;2*1H. The van der Waals surface area contributed by atoms with Crippen molar-refractivity contribution in [1.82, 2.24) is 10.2 Å². The normalized spacial score (nSPS) is 16.2. The molecule has 1 fully saturated rings. The van der Waals surface area contributed by atoms with E-state index in [1.165, 1.54) is 57.3 Å². The maximum atomic E-state index is 3.39. The van der Waals surface area contributed by atoms with Gasteiger partial charge in [-0.15, -0.1) is 24.8 Å². The Morgan fingerprint density at radius 1 is 1.05 bits per heavy atom. The monoisotopic (exact) mass is 318 g/mol. The van der Waals surface area contributed by atoms with Gasteiger partial charge in [0.05, 0.1) is 0 Å². The minimum absolute atomic E-state index is 0. The highest BCUT2D eigenvalue weighted by atomic mass is 35.5. The molecule has 1 aliphatic heterocycles. The zero-order valence-electron chi connectivity index (χ0n) is 12.4. The molecule has 0 radical (unpaired) electrons. The van der Waals surface area contributed by atoms with Gasteiger partial charge in [0, 0.05) is 6.04 Å². The molecular formula is C16H28Cl2N2. The molecule has 4 heteroatoms. The van der Waals surface area contributed by atoms with Gasteiger partial charge >= 0.3 is 0 Å². The number of nitrogens with one attached hydrogen (secondary N) is 1. The van der Waals surface area contributed by atoms with Gasteiger partial charge < -0.3 is 10.2 Å². The number of unbranched alkanes of at least 4 members (excludes halogenated alkanes) is 1. The van der Waals surface area contributed by atoms with E-state index in [1.807, 2.05) is 0 Å². The second-order valence-corrected chi connectivity index (χ2v) is 5.35. The van der Waals surface area contributed by atoms with Gasteiger partial charge in [0.15, 0.2) is 0 Å². The van der Waals surface area contributed by atoms with Gasteiger partial charge in [-0.2, -0.15) is 0 Å². The third-order valence-electron chi connectivity index (χ3n) is 4.03. The number of rotatable bonds is 6. The summed E-state index contributed by atoms with van der Waals surface area (Å²) in [5, 5.41) is 3.39. The van der Waals surface area contributed by atoms with Crippen molar-refractivity contribution in [1.29, 1.82) is 0 Å². The molecule has 0 spiro atoms. The molecule has 1 N–H and O–H groups in total. The molecule has 0 atom stereocenters. The number of likely N-dealkylation sites (tertiary alicyclic amines) is 1. The Labute approximate surface area is 136 Å². The van der Waals surface area contributed by atoms with E-state index in [2.05, 4.69) is 47.6 Å². The van der Waals surface area contributed by atoms with E-state index < -0.39 is 0 Å². The molecule has 0 saturated carbocycles. The van der Waals surface area contributed by atoms with Crippen LogP contribution in [0.1, 0.15) is 31.2 Å². The summed E-state index contributed by atoms with van der Waals surface area (Å²) in [6, 6.07) is 11.6. The van der Waals surface area contributed by atoms with Crippen LogP contribution in [0.5, 0.6) is 0 Å². The summed E-state index contributed by atoms with van der Waals surface area (Å²) in [5.41, 5.74) is 1.48. The molecule has 1 aliphatic rings. The topological polar surface area (TPSA) is 15.3 Å². The first-order chi connectivity index (χ1) is 8.88. The SMILES string of the molecule is CNC1CCN(CCCCc2ccccc2)CC1.Cl.Cl. The van der Waals surface area contributed by atoms with Crippen LogP contribution >= 0.6 is 24.8 Å². The van der Waals surface area contributed by atoms with Crippen LogP contribution in [0.25, 0.3) is 0 Å². The molecule has 0 aromatic heterocycles. The highest BCUT2D eigenvalue weighted by Gasteiger charge is 2.16. The predicted molar refractivity (Wildman–Crippen MR) is 92.4 cm³/mol. The summed E-state index contributed by atoms with van der Waals surface area (Å²) >= 11 is 0. The van der Waals surface area contributed by atoms with Gasteiger partial charge in [-0.3, -0.25) is 0 Å². The minimum atomic E-state index is 0. The first kappa shape index (κ1) is 19.7. The Bertz CT molecular complexity index is 325. The molecule has 20 heavy (non-hydrogen) atoms. The molecule has 0 unspecified atom stereocenters. The van der Waals surface area contributed by atoms with Gasteiger partial charge in [0.1, 0.15) is 0 Å². The van der Waals surface area contributed by atoms with Gasteiger partial charge in [-0.05, 0) is 64.3 Å². The van der Waals surface area contributed by atoms with E-state index in [0.717, 1.165) is 6.04 Å². The van der Waals surface area contributed by atoms with E-state index in [4.69, 9.17) is 0 Å². The molecule has 2 rings (SSSR count). The van der Waals surface area contributed by atoms with Gasteiger partial charge in [0.2, 0.25) is 0 Å². The predicted octanol–water partition coefficient (Wildman–Crippen LogP) is 3.54. The molecule has 1 aromatic rings. The average Bonchev–Trinajstić information content (AvgIpc) is 2.45. The molecule has 0 bridgehead atoms. The number of piperidine rings is 1. The van der Waals surface area contributed by atoms with Crippen molar-refractivity contribution in [2.45, 2.75) is 38.1 Å². The van der Waals surface area contributed by atoms with Crippen LogP contribution in [-0.4, -0.2) is 37.6 Å². The van der Waals surface area contributed by atoms with E-state index in [1.54, 1.807) is 0 Å². The highest BCUT2D eigenvalue weighted by Crippen LogP contribution is 2.11. The summed E-state index contributed by atoms with van der Waals surface area (Å²) in [5.74, 6) is 0. The fourth-order valence-electron chi connectivity index (χ4n) is 2.75. The van der Waals surface area contributed by atoms with Crippen LogP contribution in [-0.2, 0) is 6.42 Å². The molecule has 0 amide bonds. The van der Waals surface area contributed by atoms with Crippen molar-refractivity contribution in [3.8, 4) is 0 Å². The Kier molecular flexibility index (Phi) is 11.2. The zero-order valence-corrected chi connectivity index (χ0v) is 14.0. The number of halogens is 2. The lowest BCUT2D eigenvalue weighted by atomic mass is 10.0. The van der Waals surface area contributed by atoms with Crippen molar-refractivity contribution in [2.24, 2.45) is 0 Å². The van der Waals surface area contributed by atoms with Crippen molar-refractivity contribution in [3.05, 3.63) is 35.9 Å². The number of aryl methyl sites for hydroxylation is 1. The summed E-state index contributed by atoms with van der Waals surface area (Å²) in [7, 11) is 2.08. The van der Waals surface area contributed by atoms with Crippen molar-refractivity contribution in [2.75, 3.05) is 26.7 Å². The molecule has 1 heterocycles. The van der Waals surface area contributed by atoms with Gasteiger partial charge in [-0.1, -0.05) is 30.3 Å². The third-order valence-corrected chi connectivity index (χ3v) is 4.03. The minimum Gasteiger partial charge on any atom is -0.317 e. The fraction of sp³-hybridized carbons (Fsp3) is 0.625. The third kappa shape index (κ3) is 6.94. The molecule has 1 aromatic carbocycles. The van der Waals surface area contributed by atoms with Gasteiger partial charge in [-0.25, -0.2) is 0 Å². The Morgan fingerprint density at radius 2 is 1.70 bits per heavy atom. The van der Waals surface area contributed by atoms with Crippen LogP contribution in [0.4, 0.5) is 0 Å². The number of nitrogens with zero attached hydrogens (tertiary/aromatic N) is 1. The molecule has 1 saturated heterocycles. The summed E-state index contributed by atoms with van der Waals surface area (Å²) < 4.78 is 0. The molecule has 2 nitrogen and oxygen atoms in total. The lowest BCUT2D eigenvalue weighted by Gasteiger charge is -2.31. The van der Waals surface area contributed by atoms with Crippen LogP contribution in [0, 0.1) is 0 Å². The van der Waals surface area contributed by atoms with Gasteiger partial charge in [0.25, 0.3) is 0 Å². The highest BCUT2D eigenvalue weighted by molar-refractivity contribution is 5.85. The molecule has 0 aliphatic carbocycles. The van der Waals surface area contributed by atoms with E-state index in [9.17, 15) is 0 Å². The Balaban J connectivity index is 0.00000180. The van der Waals surface area contributed by atoms with Crippen LogP contribution in [0.2, 0.25) is 0 Å². The van der Waals surface area contributed by atoms with Crippen molar-refractivity contribution in [3.63, 3.8) is 0 Å². The maximum absolute atomic E-state index is 3.39.